The van der Waals surface area contributed by atoms with Crippen LogP contribution in [0.25, 0.3) is 0 Å². The summed E-state index contributed by atoms with van der Waals surface area (Å²) in [4.78, 5) is 0. The van der Waals surface area contributed by atoms with E-state index in [9.17, 15) is 0 Å². The minimum atomic E-state index is 0.414. The fourth-order valence-corrected chi connectivity index (χ4v) is 2.41. The van der Waals surface area contributed by atoms with Crippen LogP contribution in [0, 0.1) is 0 Å². The van der Waals surface area contributed by atoms with E-state index in [-0.39, 0.29) is 0 Å². The Morgan fingerprint density at radius 2 is 2.20 bits per heavy atom. The summed E-state index contributed by atoms with van der Waals surface area (Å²) in [6.45, 7) is 8.39. The van der Waals surface area contributed by atoms with Gasteiger partial charge in [-0.3, -0.25) is 4.68 Å². The molecule has 3 nitrogen and oxygen atoms in total. The van der Waals surface area contributed by atoms with Crippen molar-refractivity contribution in [2.24, 2.45) is 0 Å². The molecule has 1 aromatic rings. The third-order valence-corrected chi connectivity index (χ3v) is 3.10. The van der Waals surface area contributed by atoms with Crippen LogP contribution in [0.3, 0.4) is 0 Å². The largest absolute Gasteiger partial charge is 0.309 e. The number of halogens is 1. The van der Waals surface area contributed by atoms with Gasteiger partial charge < -0.3 is 5.32 Å². The average Bonchev–Trinajstić information content (AvgIpc) is 2.59. The van der Waals surface area contributed by atoms with Gasteiger partial charge in [-0.2, -0.15) is 5.10 Å². The Morgan fingerprint density at radius 1 is 1.47 bits per heavy atom. The fourth-order valence-electron chi connectivity index (χ4n) is 1.84. The number of aromatic nitrogens is 2. The van der Waals surface area contributed by atoms with E-state index in [0.29, 0.717) is 6.04 Å². The van der Waals surface area contributed by atoms with Crippen LogP contribution < -0.4 is 5.32 Å². The maximum atomic E-state index is 4.35. The van der Waals surface area contributed by atoms with Gasteiger partial charge in [0.2, 0.25) is 0 Å². The van der Waals surface area contributed by atoms with Gasteiger partial charge in [0.25, 0.3) is 0 Å². The number of aryl methyl sites for hydroxylation is 1. The zero-order valence-electron chi connectivity index (χ0n) is 9.76. The van der Waals surface area contributed by atoms with E-state index < -0.39 is 0 Å². The first-order valence-corrected chi connectivity index (χ1v) is 6.48. The minimum Gasteiger partial charge on any atom is -0.309 e. The molecule has 1 unspecified atom stereocenters. The molecule has 0 amide bonds. The molecule has 0 aliphatic heterocycles. The summed E-state index contributed by atoms with van der Waals surface area (Å²) >= 11 is 3.58. The molecule has 0 saturated carbocycles. The lowest BCUT2D eigenvalue weighted by atomic mass is 10.1. The lowest BCUT2D eigenvalue weighted by Crippen LogP contribution is -2.24. The number of hydrogen-bond donors (Lipinski definition) is 1. The van der Waals surface area contributed by atoms with Gasteiger partial charge in [-0.05, 0) is 35.8 Å². The maximum Gasteiger partial charge on any atom is 0.0695 e. The molecule has 0 aromatic carbocycles. The van der Waals surface area contributed by atoms with Crippen molar-refractivity contribution in [3.8, 4) is 0 Å². The Hall–Kier alpha value is -0.350. The fraction of sp³-hybridized carbons (Fsp3) is 0.727. The van der Waals surface area contributed by atoms with Crippen molar-refractivity contribution in [1.29, 1.82) is 0 Å². The quantitative estimate of drug-likeness (QED) is 0.863. The van der Waals surface area contributed by atoms with E-state index in [2.05, 4.69) is 51.8 Å². The first-order valence-electron chi connectivity index (χ1n) is 5.69. The maximum absolute atomic E-state index is 4.35. The molecular formula is C11H20BrN3. The molecule has 0 fully saturated rings. The van der Waals surface area contributed by atoms with Crippen LogP contribution in [-0.2, 0) is 6.54 Å². The van der Waals surface area contributed by atoms with E-state index in [1.807, 2.05) is 6.20 Å². The highest BCUT2D eigenvalue weighted by Crippen LogP contribution is 2.26. The van der Waals surface area contributed by atoms with Gasteiger partial charge in [-0.15, -0.1) is 0 Å². The van der Waals surface area contributed by atoms with Crippen LogP contribution in [-0.4, -0.2) is 16.3 Å². The molecule has 0 aliphatic carbocycles. The number of nitrogens with zero attached hydrogens (tertiary/aromatic N) is 2. The lowest BCUT2D eigenvalue weighted by molar-refractivity contribution is 0.461. The topological polar surface area (TPSA) is 29.9 Å². The highest BCUT2D eigenvalue weighted by atomic mass is 79.9. The Balaban J connectivity index is 2.92. The summed E-state index contributed by atoms with van der Waals surface area (Å²) < 4.78 is 3.18. The zero-order valence-corrected chi connectivity index (χ0v) is 11.3. The van der Waals surface area contributed by atoms with Gasteiger partial charge in [-0.25, -0.2) is 0 Å². The standard InChI is InChI=1S/C11H20BrN3/c1-4-7-10(13-5-2)11-9(12)8-14-15(11)6-3/h8,10,13H,4-7H2,1-3H3. The molecule has 1 N–H and O–H groups in total. The summed E-state index contributed by atoms with van der Waals surface area (Å²) in [6, 6.07) is 0.414. The van der Waals surface area contributed by atoms with Crippen molar-refractivity contribution in [3.63, 3.8) is 0 Å². The second kappa shape index (κ2) is 6.28. The summed E-state index contributed by atoms with van der Waals surface area (Å²) in [5, 5.41) is 7.86. The molecule has 15 heavy (non-hydrogen) atoms. The van der Waals surface area contributed by atoms with Crippen LogP contribution >= 0.6 is 15.9 Å². The summed E-state index contributed by atoms with van der Waals surface area (Å²) in [6.07, 6.45) is 4.22. The molecule has 4 heteroatoms. The molecular weight excluding hydrogens is 254 g/mol. The van der Waals surface area contributed by atoms with Crippen LogP contribution in [0.5, 0.6) is 0 Å². The van der Waals surface area contributed by atoms with Crippen LogP contribution in [0.1, 0.15) is 45.3 Å². The first kappa shape index (κ1) is 12.7. The van der Waals surface area contributed by atoms with Crippen LogP contribution in [0.15, 0.2) is 10.7 Å². The Kier molecular flexibility index (Phi) is 5.32. The molecule has 0 aliphatic rings. The van der Waals surface area contributed by atoms with Crippen molar-refractivity contribution < 1.29 is 0 Å². The Labute approximate surface area is 100 Å². The van der Waals surface area contributed by atoms with E-state index in [4.69, 9.17) is 0 Å². The van der Waals surface area contributed by atoms with Crippen molar-refractivity contribution in [2.45, 2.75) is 46.2 Å². The normalized spacial score (nSPS) is 13.1. The third-order valence-electron chi connectivity index (χ3n) is 2.49. The third kappa shape index (κ3) is 3.05. The Bertz CT molecular complexity index is 290. The van der Waals surface area contributed by atoms with Gasteiger partial charge in [-0.1, -0.05) is 20.3 Å². The zero-order chi connectivity index (χ0) is 11.3. The second-order valence-corrected chi connectivity index (χ2v) is 4.45. The molecule has 0 bridgehead atoms. The van der Waals surface area contributed by atoms with Gasteiger partial charge in [0, 0.05) is 6.54 Å². The number of rotatable bonds is 6. The number of nitrogens with one attached hydrogen (secondary N) is 1. The SMILES string of the molecule is CCCC(NCC)c1c(Br)cnn1CC. The van der Waals surface area contributed by atoms with Crippen molar-refractivity contribution in [3.05, 3.63) is 16.4 Å². The van der Waals surface area contributed by atoms with Crippen LogP contribution in [0.2, 0.25) is 0 Å². The summed E-state index contributed by atoms with van der Waals surface area (Å²) in [7, 11) is 0. The number of hydrogen-bond acceptors (Lipinski definition) is 2. The van der Waals surface area contributed by atoms with E-state index in [0.717, 1.165) is 24.0 Å². The van der Waals surface area contributed by atoms with E-state index >= 15 is 0 Å². The summed E-state index contributed by atoms with van der Waals surface area (Å²) in [5.41, 5.74) is 1.28. The highest BCUT2D eigenvalue weighted by Gasteiger charge is 2.17. The first-order chi connectivity index (χ1) is 7.24. The highest BCUT2D eigenvalue weighted by molar-refractivity contribution is 9.10. The van der Waals surface area contributed by atoms with Gasteiger partial charge in [0.05, 0.1) is 22.4 Å². The van der Waals surface area contributed by atoms with E-state index in [1.165, 1.54) is 12.1 Å². The smallest absolute Gasteiger partial charge is 0.0695 e. The molecule has 1 aromatic heterocycles. The van der Waals surface area contributed by atoms with Crippen LogP contribution in [0.4, 0.5) is 0 Å². The molecule has 1 heterocycles. The summed E-state index contributed by atoms with van der Waals surface area (Å²) in [5.74, 6) is 0. The second-order valence-electron chi connectivity index (χ2n) is 3.59. The van der Waals surface area contributed by atoms with Gasteiger partial charge >= 0.3 is 0 Å². The predicted molar refractivity (Wildman–Crippen MR) is 66.9 cm³/mol. The molecule has 0 spiro atoms. The molecule has 1 rings (SSSR count). The van der Waals surface area contributed by atoms with Crippen molar-refractivity contribution in [2.75, 3.05) is 6.54 Å². The molecule has 1 atom stereocenters. The molecule has 86 valence electrons. The average molecular weight is 274 g/mol. The van der Waals surface area contributed by atoms with Gasteiger partial charge in [0.15, 0.2) is 0 Å². The van der Waals surface area contributed by atoms with E-state index in [1.54, 1.807) is 0 Å². The van der Waals surface area contributed by atoms with Crippen molar-refractivity contribution >= 4 is 15.9 Å². The minimum absolute atomic E-state index is 0.414. The van der Waals surface area contributed by atoms with Gasteiger partial charge in [0.1, 0.15) is 0 Å². The predicted octanol–water partition coefficient (Wildman–Crippen LogP) is 3.12. The Morgan fingerprint density at radius 3 is 2.73 bits per heavy atom. The lowest BCUT2D eigenvalue weighted by Gasteiger charge is -2.19. The monoisotopic (exact) mass is 273 g/mol. The molecule has 0 saturated heterocycles. The van der Waals surface area contributed by atoms with Crippen molar-refractivity contribution in [1.82, 2.24) is 15.1 Å². The molecule has 0 radical (unpaired) electrons.